The minimum atomic E-state index is 0.0254. The first-order valence-corrected chi connectivity index (χ1v) is 7.27. The molecule has 0 fully saturated rings. The van der Waals surface area contributed by atoms with E-state index in [0.717, 1.165) is 23.7 Å². The Morgan fingerprint density at radius 1 is 1.00 bits per heavy atom. The van der Waals surface area contributed by atoms with Crippen LogP contribution in [0.5, 0.6) is 5.75 Å². The molecule has 2 aromatic rings. The van der Waals surface area contributed by atoms with E-state index in [9.17, 15) is 0 Å². The topological polar surface area (TPSA) is 21.3 Å². The molecule has 0 amide bonds. The van der Waals surface area contributed by atoms with Gasteiger partial charge in [0.2, 0.25) is 0 Å². The fourth-order valence-corrected chi connectivity index (χ4v) is 2.23. The number of rotatable bonds is 6. The summed E-state index contributed by atoms with van der Waals surface area (Å²) in [4.78, 5) is 0. The number of hydrogen-bond donors (Lipinski definition) is 1. The molecule has 0 aromatic heterocycles. The fraction of sp³-hybridized carbons (Fsp3) is 0.250. The number of ether oxygens (including phenoxy) is 1. The molecule has 0 radical (unpaired) electrons. The Morgan fingerprint density at radius 3 is 2.35 bits per heavy atom. The van der Waals surface area contributed by atoms with Crippen molar-refractivity contribution in [3.63, 3.8) is 0 Å². The number of para-hydroxylation sites is 1. The molecule has 0 saturated carbocycles. The minimum absolute atomic E-state index is 0.0254. The van der Waals surface area contributed by atoms with Gasteiger partial charge in [-0.3, -0.25) is 0 Å². The van der Waals surface area contributed by atoms with E-state index in [1.807, 2.05) is 55.5 Å². The first-order chi connectivity index (χ1) is 9.66. The van der Waals surface area contributed by atoms with Crippen LogP contribution in [-0.2, 0) is 6.54 Å². The minimum Gasteiger partial charge on any atom is -0.488 e. The summed E-state index contributed by atoms with van der Waals surface area (Å²) in [5, 5.41) is 4.74. The van der Waals surface area contributed by atoms with Crippen LogP contribution in [0.4, 0.5) is 0 Å². The van der Waals surface area contributed by atoms with Crippen molar-refractivity contribution >= 4 is 23.2 Å². The molecule has 0 aliphatic heterocycles. The highest BCUT2D eigenvalue weighted by Gasteiger charge is 2.07. The zero-order chi connectivity index (χ0) is 14.4. The third-order valence-corrected chi connectivity index (χ3v) is 3.55. The smallest absolute Gasteiger partial charge is 0.138 e. The van der Waals surface area contributed by atoms with Gasteiger partial charge in [0.05, 0.1) is 5.02 Å². The summed E-state index contributed by atoms with van der Waals surface area (Å²) in [5.74, 6) is 0.709. The molecule has 2 nitrogen and oxygen atoms in total. The second-order valence-corrected chi connectivity index (χ2v) is 5.40. The molecule has 2 rings (SSSR count). The highest BCUT2D eigenvalue weighted by molar-refractivity contribution is 6.32. The first-order valence-electron chi connectivity index (χ1n) is 6.52. The van der Waals surface area contributed by atoms with Crippen molar-refractivity contribution in [2.45, 2.75) is 19.6 Å². The molecular weight excluding hydrogens is 293 g/mol. The second kappa shape index (κ2) is 7.53. The zero-order valence-electron chi connectivity index (χ0n) is 11.3. The predicted octanol–water partition coefficient (Wildman–Crippen LogP) is 4.55. The summed E-state index contributed by atoms with van der Waals surface area (Å²) >= 11 is 12.2. The van der Waals surface area contributed by atoms with Gasteiger partial charge < -0.3 is 10.1 Å². The number of nitrogens with one attached hydrogen (secondary N) is 1. The number of halogens is 2. The van der Waals surface area contributed by atoms with Crippen LogP contribution in [-0.4, -0.2) is 12.6 Å². The highest BCUT2D eigenvalue weighted by atomic mass is 35.5. The SMILES string of the molecule is CC(CNCc1ccccc1Cl)Oc1ccccc1Cl. The lowest BCUT2D eigenvalue weighted by Gasteiger charge is -2.16. The van der Waals surface area contributed by atoms with Gasteiger partial charge in [0.15, 0.2) is 0 Å². The van der Waals surface area contributed by atoms with Crippen LogP contribution >= 0.6 is 23.2 Å². The van der Waals surface area contributed by atoms with Crippen molar-refractivity contribution in [1.82, 2.24) is 5.32 Å². The Morgan fingerprint density at radius 2 is 1.65 bits per heavy atom. The Bertz CT molecular complexity index is 560. The van der Waals surface area contributed by atoms with E-state index in [-0.39, 0.29) is 6.10 Å². The van der Waals surface area contributed by atoms with E-state index in [1.54, 1.807) is 0 Å². The Labute approximate surface area is 129 Å². The summed E-state index contributed by atoms with van der Waals surface area (Å²) < 4.78 is 5.79. The van der Waals surface area contributed by atoms with Gasteiger partial charge in [0, 0.05) is 18.1 Å². The summed E-state index contributed by atoms with van der Waals surface area (Å²) in [7, 11) is 0. The summed E-state index contributed by atoms with van der Waals surface area (Å²) in [6.45, 7) is 3.44. The molecule has 0 aliphatic rings. The van der Waals surface area contributed by atoms with Crippen molar-refractivity contribution in [3.05, 3.63) is 64.1 Å². The van der Waals surface area contributed by atoms with Crippen LogP contribution in [0, 0.1) is 0 Å². The van der Waals surface area contributed by atoms with E-state index in [2.05, 4.69) is 5.32 Å². The molecule has 1 N–H and O–H groups in total. The van der Waals surface area contributed by atoms with E-state index in [0.29, 0.717) is 10.8 Å². The van der Waals surface area contributed by atoms with Crippen molar-refractivity contribution in [2.24, 2.45) is 0 Å². The van der Waals surface area contributed by atoms with E-state index in [4.69, 9.17) is 27.9 Å². The number of hydrogen-bond acceptors (Lipinski definition) is 2. The van der Waals surface area contributed by atoms with Gasteiger partial charge in [0.25, 0.3) is 0 Å². The number of benzene rings is 2. The van der Waals surface area contributed by atoms with Gasteiger partial charge in [-0.25, -0.2) is 0 Å². The maximum atomic E-state index is 6.10. The summed E-state index contributed by atoms with van der Waals surface area (Å²) in [6.07, 6.45) is 0.0254. The van der Waals surface area contributed by atoms with Crippen LogP contribution in [0.25, 0.3) is 0 Å². The average molecular weight is 310 g/mol. The maximum absolute atomic E-state index is 6.10. The average Bonchev–Trinajstić information content (AvgIpc) is 2.43. The third kappa shape index (κ3) is 4.41. The molecule has 1 unspecified atom stereocenters. The normalized spacial score (nSPS) is 12.2. The monoisotopic (exact) mass is 309 g/mol. The van der Waals surface area contributed by atoms with Crippen LogP contribution in [0.3, 0.4) is 0 Å². The standard InChI is InChI=1S/C16H17Cl2NO/c1-12(20-16-9-5-4-8-15(16)18)10-19-11-13-6-2-3-7-14(13)17/h2-9,12,19H,10-11H2,1H3. The Balaban J connectivity index is 1.80. The molecule has 0 aliphatic carbocycles. The Hall–Kier alpha value is -1.22. The third-order valence-electron chi connectivity index (χ3n) is 2.87. The molecule has 4 heteroatoms. The fourth-order valence-electron chi connectivity index (χ4n) is 1.85. The lowest BCUT2D eigenvalue weighted by molar-refractivity contribution is 0.217. The lowest BCUT2D eigenvalue weighted by atomic mass is 10.2. The zero-order valence-corrected chi connectivity index (χ0v) is 12.8. The summed E-state index contributed by atoms with van der Waals surface area (Å²) in [5.41, 5.74) is 1.08. The molecular formula is C16H17Cl2NO. The second-order valence-electron chi connectivity index (χ2n) is 4.58. The van der Waals surface area contributed by atoms with E-state index in [1.165, 1.54) is 0 Å². The molecule has 1 atom stereocenters. The molecule has 0 saturated heterocycles. The molecule has 20 heavy (non-hydrogen) atoms. The van der Waals surface area contributed by atoms with Crippen LogP contribution in [0.1, 0.15) is 12.5 Å². The van der Waals surface area contributed by atoms with Crippen molar-refractivity contribution in [2.75, 3.05) is 6.54 Å². The van der Waals surface area contributed by atoms with Gasteiger partial charge in [-0.2, -0.15) is 0 Å². The lowest BCUT2D eigenvalue weighted by Crippen LogP contribution is -2.28. The van der Waals surface area contributed by atoms with Gasteiger partial charge >= 0.3 is 0 Å². The summed E-state index contributed by atoms with van der Waals surface area (Å²) in [6, 6.07) is 15.3. The van der Waals surface area contributed by atoms with Gasteiger partial charge in [-0.15, -0.1) is 0 Å². The molecule has 106 valence electrons. The van der Waals surface area contributed by atoms with Crippen molar-refractivity contribution < 1.29 is 4.74 Å². The first kappa shape index (κ1) is 15.2. The van der Waals surface area contributed by atoms with E-state index < -0.39 is 0 Å². The molecule has 0 spiro atoms. The quantitative estimate of drug-likeness (QED) is 0.845. The van der Waals surface area contributed by atoms with Crippen LogP contribution in [0.2, 0.25) is 10.0 Å². The van der Waals surface area contributed by atoms with E-state index >= 15 is 0 Å². The predicted molar refractivity (Wildman–Crippen MR) is 84.7 cm³/mol. The van der Waals surface area contributed by atoms with Gasteiger partial charge in [-0.1, -0.05) is 53.5 Å². The van der Waals surface area contributed by atoms with Crippen molar-refractivity contribution in [3.8, 4) is 5.75 Å². The highest BCUT2D eigenvalue weighted by Crippen LogP contribution is 2.24. The van der Waals surface area contributed by atoms with Gasteiger partial charge in [-0.05, 0) is 30.7 Å². The van der Waals surface area contributed by atoms with Crippen LogP contribution < -0.4 is 10.1 Å². The maximum Gasteiger partial charge on any atom is 0.138 e. The van der Waals surface area contributed by atoms with Gasteiger partial charge in [0.1, 0.15) is 11.9 Å². The van der Waals surface area contributed by atoms with Crippen LogP contribution in [0.15, 0.2) is 48.5 Å². The Kier molecular flexibility index (Phi) is 5.72. The molecule has 0 heterocycles. The largest absolute Gasteiger partial charge is 0.488 e. The molecule has 0 bridgehead atoms. The molecule has 2 aromatic carbocycles. The van der Waals surface area contributed by atoms with Crippen molar-refractivity contribution in [1.29, 1.82) is 0 Å².